The first-order chi connectivity index (χ1) is 7.19. The van der Waals surface area contributed by atoms with E-state index in [4.69, 9.17) is 4.74 Å². The highest BCUT2D eigenvalue weighted by Gasteiger charge is 2.11. The fourth-order valence-electron chi connectivity index (χ4n) is 1.24. The Morgan fingerprint density at radius 2 is 2.00 bits per heavy atom. The molecule has 0 amide bonds. The van der Waals surface area contributed by atoms with Gasteiger partial charge in [0.05, 0.1) is 12.2 Å². The molecule has 0 heterocycles. The normalized spacial score (nSPS) is 11.3. The lowest BCUT2D eigenvalue weighted by Gasteiger charge is -2.06. The van der Waals surface area contributed by atoms with Gasteiger partial charge < -0.3 is 4.74 Å². The van der Waals surface area contributed by atoms with Crippen LogP contribution in [0.4, 0.5) is 0 Å². The average Bonchev–Trinajstić information content (AvgIpc) is 2.22. The first-order valence-corrected chi connectivity index (χ1v) is 5.57. The van der Waals surface area contributed by atoms with Crippen molar-refractivity contribution in [3.05, 3.63) is 40.4 Å². The first kappa shape index (κ1) is 12.0. The maximum absolute atomic E-state index is 11.6. The van der Waals surface area contributed by atoms with Gasteiger partial charge in [0.25, 0.3) is 0 Å². The molecule has 2 nitrogen and oxygen atoms in total. The summed E-state index contributed by atoms with van der Waals surface area (Å²) >= 11 is 3.35. The van der Waals surface area contributed by atoms with Crippen molar-refractivity contribution in [1.82, 2.24) is 0 Å². The van der Waals surface area contributed by atoms with Crippen molar-refractivity contribution in [1.29, 1.82) is 0 Å². The molecule has 0 aliphatic heterocycles. The molecule has 0 aliphatic rings. The number of carbonyl (C=O) groups excluding carboxylic acids is 1. The molecule has 0 saturated carbocycles. The van der Waals surface area contributed by atoms with Crippen LogP contribution in [0.2, 0.25) is 0 Å². The third kappa shape index (κ3) is 3.20. The van der Waals surface area contributed by atoms with Crippen molar-refractivity contribution in [3.63, 3.8) is 0 Å². The van der Waals surface area contributed by atoms with Gasteiger partial charge in [0.15, 0.2) is 0 Å². The molecule has 0 N–H and O–H groups in total. The Morgan fingerprint density at radius 1 is 1.40 bits per heavy atom. The molecular weight excluding hydrogens is 256 g/mol. The Bertz CT molecular complexity index is 366. The number of ether oxygens (including phenoxy) is 1. The summed E-state index contributed by atoms with van der Waals surface area (Å²) in [6.45, 7) is 4.02. The van der Waals surface area contributed by atoms with Crippen molar-refractivity contribution in [2.75, 3.05) is 6.61 Å². The summed E-state index contributed by atoms with van der Waals surface area (Å²) in [7, 11) is 0. The highest BCUT2D eigenvalue weighted by molar-refractivity contribution is 9.10. The van der Waals surface area contributed by atoms with Gasteiger partial charge in [-0.3, -0.25) is 0 Å². The highest BCUT2D eigenvalue weighted by Crippen LogP contribution is 2.19. The van der Waals surface area contributed by atoms with E-state index in [9.17, 15) is 4.79 Å². The summed E-state index contributed by atoms with van der Waals surface area (Å²) in [6, 6.07) is 7.57. The molecular formula is C12H13BrO2. The summed E-state index contributed by atoms with van der Waals surface area (Å²) in [5.74, 6) is -0.276. The topological polar surface area (TPSA) is 26.3 Å². The van der Waals surface area contributed by atoms with Crippen LogP contribution in [0.5, 0.6) is 0 Å². The number of halogens is 1. The third-order valence-corrected chi connectivity index (χ3v) is 2.47. The molecule has 1 aromatic carbocycles. The first-order valence-electron chi connectivity index (χ1n) is 4.78. The number of carbonyl (C=O) groups is 1. The Kier molecular flexibility index (Phi) is 4.56. The summed E-state index contributed by atoms with van der Waals surface area (Å²) in [5, 5.41) is 0. The molecule has 15 heavy (non-hydrogen) atoms. The number of esters is 1. The molecule has 1 aromatic rings. The Balaban J connectivity index is 2.94. The Labute approximate surface area is 98.1 Å². The van der Waals surface area contributed by atoms with E-state index in [0.29, 0.717) is 12.2 Å². The molecule has 0 spiro atoms. The monoisotopic (exact) mass is 268 g/mol. The minimum atomic E-state index is -0.276. The maximum atomic E-state index is 11.6. The van der Waals surface area contributed by atoms with E-state index in [0.717, 1.165) is 10.0 Å². The van der Waals surface area contributed by atoms with Crippen LogP contribution in [-0.4, -0.2) is 12.6 Å². The number of hydrogen-bond donors (Lipinski definition) is 0. The van der Waals surface area contributed by atoms with Crippen molar-refractivity contribution in [2.24, 2.45) is 0 Å². The summed E-state index contributed by atoms with van der Waals surface area (Å²) in [5.41, 5.74) is 1.48. The zero-order valence-electron chi connectivity index (χ0n) is 8.79. The SMILES string of the molecule is CC=C(C(=O)OCC)c1ccc(Br)cc1. The van der Waals surface area contributed by atoms with Crippen LogP contribution < -0.4 is 0 Å². The smallest absolute Gasteiger partial charge is 0.338 e. The molecule has 0 radical (unpaired) electrons. The average molecular weight is 269 g/mol. The van der Waals surface area contributed by atoms with E-state index in [1.165, 1.54) is 0 Å². The Morgan fingerprint density at radius 3 is 2.47 bits per heavy atom. The summed E-state index contributed by atoms with van der Waals surface area (Å²) < 4.78 is 5.95. The van der Waals surface area contributed by atoms with Gasteiger partial charge in [-0.2, -0.15) is 0 Å². The van der Waals surface area contributed by atoms with Gasteiger partial charge >= 0.3 is 5.97 Å². The maximum Gasteiger partial charge on any atom is 0.338 e. The van der Waals surface area contributed by atoms with Crippen LogP contribution in [0.15, 0.2) is 34.8 Å². The zero-order chi connectivity index (χ0) is 11.3. The fraction of sp³-hybridized carbons (Fsp3) is 0.250. The van der Waals surface area contributed by atoms with Crippen LogP contribution in [0.3, 0.4) is 0 Å². The number of rotatable bonds is 3. The van der Waals surface area contributed by atoms with Crippen molar-refractivity contribution < 1.29 is 9.53 Å². The molecule has 3 heteroatoms. The molecule has 0 fully saturated rings. The molecule has 0 atom stereocenters. The van der Waals surface area contributed by atoms with Crippen LogP contribution in [0, 0.1) is 0 Å². The second-order valence-electron chi connectivity index (χ2n) is 2.93. The van der Waals surface area contributed by atoms with E-state index in [1.54, 1.807) is 13.0 Å². The predicted octanol–water partition coefficient (Wildman–Crippen LogP) is 3.42. The standard InChI is InChI=1S/C12H13BrO2/c1-3-11(12(14)15-4-2)9-5-7-10(13)8-6-9/h3,5-8H,4H2,1-2H3. The quantitative estimate of drug-likeness (QED) is 0.620. The van der Waals surface area contributed by atoms with Crippen molar-refractivity contribution in [3.8, 4) is 0 Å². The zero-order valence-corrected chi connectivity index (χ0v) is 10.4. The molecule has 1 rings (SSSR count). The van der Waals surface area contributed by atoms with Gasteiger partial charge in [0, 0.05) is 4.47 Å². The lowest BCUT2D eigenvalue weighted by atomic mass is 10.1. The highest BCUT2D eigenvalue weighted by atomic mass is 79.9. The van der Waals surface area contributed by atoms with E-state index in [-0.39, 0.29) is 5.97 Å². The molecule has 0 aromatic heterocycles. The van der Waals surface area contributed by atoms with Crippen LogP contribution >= 0.6 is 15.9 Å². The number of allylic oxidation sites excluding steroid dienone is 1. The Hall–Kier alpha value is -1.09. The van der Waals surface area contributed by atoms with Gasteiger partial charge in [-0.25, -0.2) is 4.79 Å². The van der Waals surface area contributed by atoms with E-state index < -0.39 is 0 Å². The molecule has 0 aliphatic carbocycles. The van der Waals surface area contributed by atoms with Crippen LogP contribution in [0.1, 0.15) is 19.4 Å². The lowest BCUT2D eigenvalue weighted by molar-refractivity contribution is -0.136. The molecule has 0 unspecified atom stereocenters. The fourth-order valence-corrected chi connectivity index (χ4v) is 1.50. The summed E-state index contributed by atoms with van der Waals surface area (Å²) in [6.07, 6.45) is 1.77. The predicted molar refractivity (Wildman–Crippen MR) is 64.4 cm³/mol. The number of hydrogen-bond acceptors (Lipinski definition) is 2. The summed E-state index contributed by atoms with van der Waals surface area (Å²) in [4.78, 5) is 11.6. The number of benzene rings is 1. The van der Waals surface area contributed by atoms with E-state index >= 15 is 0 Å². The lowest BCUT2D eigenvalue weighted by Crippen LogP contribution is -2.06. The second kappa shape index (κ2) is 5.71. The molecule has 80 valence electrons. The minimum Gasteiger partial charge on any atom is -0.462 e. The van der Waals surface area contributed by atoms with E-state index in [2.05, 4.69) is 15.9 Å². The van der Waals surface area contributed by atoms with Gasteiger partial charge in [-0.15, -0.1) is 0 Å². The molecule has 0 bridgehead atoms. The van der Waals surface area contributed by atoms with Gasteiger partial charge in [0.2, 0.25) is 0 Å². The van der Waals surface area contributed by atoms with Gasteiger partial charge in [0.1, 0.15) is 0 Å². The molecule has 0 saturated heterocycles. The third-order valence-electron chi connectivity index (χ3n) is 1.94. The second-order valence-corrected chi connectivity index (χ2v) is 3.85. The van der Waals surface area contributed by atoms with Gasteiger partial charge in [-0.1, -0.05) is 34.1 Å². The van der Waals surface area contributed by atoms with Crippen molar-refractivity contribution >= 4 is 27.5 Å². The van der Waals surface area contributed by atoms with Gasteiger partial charge in [-0.05, 0) is 31.5 Å². The van der Waals surface area contributed by atoms with Crippen LogP contribution in [0.25, 0.3) is 5.57 Å². The minimum absolute atomic E-state index is 0.276. The largest absolute Gasteiger partial charge is 0.462 e. The van der Waals surface area contributed by atoms with E-state index in [1.807, 2.05) is 31.2 Å². The van der Waals surface area contributed by atoms with Crippen LogP contribution in [-0.2, 0) is 9.53 Å². The van der Waals surface area contributed by atoms with Crippen molar-refractivity contribution in [2.45, 2.75) is 13.8 Å².